The summed E-state index contributed by atoms with van der Waals surface area (Å²) in [6.07, 6.45) is -1.49. The summed E-state index contributed by atoms with van der Waals surface area (Å²) < 4.78 is 42.6. The maximum absolute atomic E-state index is 12.5. The van der Waals surface area contributed by atoms with Crippen LogP contribution in [0.2, 0.25) is 0 Å². The van der Waals surface area contributed by atoms with E-state index in [0.717, 1.165) is 12.8 Å². The van der Waals surface area contributed by atoms with E-state index in [2.05, 4.69) is 0 Å². The molecule has 1 aliphatic carbocycles. The highest BCUT2D eigenvalue weighted by Crippen LogP contribution is 2.40. The van der Waals surface area contributed by atoms with E-state index in [0.29, 0.717) is 19.4 Å². The molecule has 0 aromatic heterocycles. The maximum atomic E-state index is 12.5. The molecule has 1 saturated carbocycles. The monoisotopic (exact) mass is 252 g/mol. The van der Waals surface area contributed by atoms with E-state index < -0.39 is 24.0 Å². The minimum atomic E-state index is -4.18. The Morgan fingerprint density at radius 1 is 1.35 bits per heavy atom. The summed E-state index contributed by atoms with van der Waals surface area (Å²) in [6, 6.07) is 0. The molecule has 0 amide bonds. The van der Waals surface area contributed by atoms with Gasteiger partial charge >= 0.3 is 12.1 Å². The Bertz CT molecular complexity index is 251. The summed E-state index contributed by atoms with van der Waals surface area (Å²) in [4.78, 5) is 11.6. The van der Waals surface area contributed by atoms with Gasteiger partial charge in [0.15, 0.2) is 0 Å². The van der Waals surface area contributed by atoms with Gasteiger partial charge in [-0.2, -0.15) is 13.2 Å². The van der Waals surface area contributed by atoms with Crippen LogP contribution in [0.5, 0.6) is 0 Å². The average molecular weight is 252 g/mol. The molecule has 1 aliphatic rings. The number of hydrogen-bond acceptors (Lipinski definition) is 2. The zero-order valence-electron chi connectivity index (χ0n) is 10.1. The van der Waals surface area contributed by atoms with Gasteiger partial charge in [-0.05, 0) is 25.7 Å². The predicted octanol–water partition coefficient (Wildman–Crippen LogP) is 3.70. The van der Waals surface area contributed by atoms with Crippen LogP contribution in [0.3, 0.4) is 0 Å². The largest absolute Gasteiger partial charge is 0.465 e. The molecule has 0 N–H and O–H groups in total. The third-order valence-corrected chi connectivity index (χ3v) is 3.21. The van der Waals surface area contributed by atoms with Gasteiger partial charge < -0.3 is 4.74 Å². The standard InChI is InChI=1S/C12H19F3O2/c1-2-3-7-17-11(16)9-5-4-6-10(8-9)12(13,14)15/h9-10H,2-8H2,1H3. The van der Waals surface area contributed by atoms with E-state index in [1.54, 1.807) is 0 Å². The first-order valence-electron chi connectivity index (χ1n) is 6.18. The highest BCUT2D eigenvalue weighted by Gasteiger charge is 2.43. The lowest BCUT2D eigenvalue weighted by molar-refractivity contribution is -0.189. The molecule has 0 aromatic rings. The highest BCUT2D eigenvalue weighted by atomic mass is 19.4. The van der Waals surface area contributed by atoms with Crippen LogP contribution in [0, 0.1) is 11.8 Å². The summed E-state index contributed by atoms with van der Waals surface area (Å²) in [5.41, 5.74) is 0. The van der Waals surface area contributed by atoms with Gasteiger partial charge in [0, 0.05) is 0 Å². The van der Waals surface area contributed by atoms with Gasteiger partial charge in [0.05, 0.1) is 18.4 Å². The van der Waals surface area contributed by atoms with Gasteiger partial charge in [0.25, 0.3) is 0 Å². The van der Waals surface area contributed by atoms with Crippen LogP contribution in [-0.2, 0) is 9.53 Å². The number of carbonyl (C=O) groups is 1. The molecule has 17 heavy (non-hydrogen) atoms. The Hall–Kier alpha value is -0.740. The van der Waals surface area contributed by atoms with Crippen molar-refractivity contribution in [2.24, 2.45) is 11.8 Å². The van der Waals surface area contributed by atoms with Crippen molar-refractivity contribution in [1.82, 2.24) is 0 Å². The topological polar surface area (TPSA) is 26.3 Å². The van der Waals surface area contributed by atoms with Gasteiger partial charge in [-0.1, -0.05) is 19.8 Å². The molecule has 2 atom stereocenters. The van der Waals surface area contributed by atoms with E-state index >= 15 is 0 Å². The second kappa shape index (κ2) is 6.26. The van der Waals surface area contributed by atoms with Crippen LogP contribution in [0.1, 0.15) is 45.4 Å². The minimum Gasteiger partial charge on any atom is -0.465 e. The van der Waals surface area contributed by atoms with Crippen molar-refractivity contribution in [3.8, 4) is 0 Å². The fourth-order valence-corrected chi connectivity index (χ4v) is 2.14. The maximum Gasteiger partial charge on any atom is 0.391 e. The minimum absolute atomic E-state index is 0.103. The molecule has 0 bridgehead atoms. The molecule has 0 heterocycles. The number of carbonyl (C=O) groups excluding carboxylic acids is 1. The molecule has 0 saturated heterocycles. The number of unbranched alkanes of at least 4 members (excludes halogenated alkanes) is 1. The zero-order chi connectivity index (χ0) is 12.9. The summed E-state index contributed by atoms with van der Waals surface area (Å²) in [5.74, 6) is -2.35. The lowest BCUT2D eigenvalue weighted by Gasteiger charge is -2.29. The van der Waals surface area contributed by atoms with Crippen molar-refractivity contribution in [3.63, 3.8) is 0 Å². The van der Waals surface area contributed by atoms with E-state index in [4.69, 9.17) is 4.74 Å². The highest BCUT2D eigenvalue weighted by molar-refractivity contribution is 5.72. The van der Waals surface area contributed by atoms with E-state index in [9.17, 15) is 18.0 Å². The van der Waals surface area contributed by atoms with Gasteiger partial charge in [-0.25, -0.2) is 0 Å². The molecule has 1 fully saturated rings. The first-order chi connectivity index (χ1) is 7.95. The van der Waals surface area contributed by atoms with Crippen molar-refractivity contribution >= 4 is 5.97 Å². The molecule has 2 unspecified atom stereocenters. The van der Waals surface area contributed by atoms with Crippen LogP contribution in [0.4, 0.5) is 13.2 Å². The smallest absolute Gasteiger partial charge is 0.391 e. The summed E-state index contributed by atoms with van der Waals surface area (Å²) >= 11 is 0. The normalized spacial score (nSPS) is 25.6. The zero-order valence-corrected chi connectivity index (χ0v) is 10.1. The fraction of sp³-hybridized carbons (Fsp3) is 0.917. The number of halogens is 3. The fourth-order valence-electron chi connectivity index (χ4n) is 2.14. The van der Waals surface area contributed by atoms with Crippen molar-refractivity contribution in [2.45, 2.75) is 51.6 Å². The Morgan fingerprint density at radius 3 is 2.65 bits per heavy atom. The quantitative estimate of drug-likeness (QED) is 0.563. The molecule has 0 aromatic carbocycles. The number of ether oxygens (including phenoxy) is 1. The number of rotatable bonds is 4. The second-order valence-electron chi connectivity index (χ2n) is 4.62. The molecule has 0 aliphatic heterocycles. The van der Waals surface area contributed by atoms with Crippen molar-refractivity contribution in [1.29, 1.82) is 0 Å². The Labute approximate surface area is 99.5 Å². The Balaban J connectivity index is 2.41. The predicted molar refractivity (Wildman–Crippen MR) is 57.4 cm³/mol. The van der Waals surface area contributed by atoms with Crippen LogP contribution in [-0.4, -0.2) is 18.8 Å². The third kappa shape index (κ3) is 4.56. The van der Waals surface area contributed by atoms with Gasteiger partial charge in [-0.3, -0.25) is 4.79 Å². The van der Waals surface area contributed by atoms with Gasteiger partial charge in [0.1, 0.15) is 0 Å². The van der Waals surface area contributed by atoms with Crippen molar-refractivity contribution in [3.05, 3.63) is 0 Å². The molecule has 100 valence electrons. The molecule has 2 nitrogen and oxygen atoms in total. The number of alkyl halides is 3. The summed E-state index contributed by atoms with van der Waals surface area (Å²) in [7, 11) is 0. The van der Waals surface area contributed by atoms with Gasteiger partial charge in [-0.15, -0.1) is 0 Å². The van der Waals surface area contributed by atoms with Crippen LogP contribution >= 0.6 is 0 Å². The Morgan fingerprint density at radius 2 is 2.06 bits per heavy atom. The number of esters is 1. The number of hydrogen-bond donors (Lipinski definition) is 0. The molecular formula is C12H19F3O2. The average Bonchev–Trinajstić information content (AvgIpc) is 2.28. The van der Waals surface area contributed by atoms with E-state index in [-0.39, 0.29) is 12.8 Å². The summed E-state index contributed by atoms with van der Waals surface area (Å²) in [5, 5.41) is 0. The van der Waals surface area contributed by atoms with E-state index in [1.807, 2.05) is 6.92 Å². The molecule has 5 heteroatoms. The molecule has 0 radical (unpaired) electrons. The summed E-state index contributed by atoms with van der Waals surface area (Å²) in [6.45, 7) is 2.29. The second-order valence-corrected chi connectivity index (χ2v) is 4.62. The van der Waals surface area contributed by atoms with Crippen molar-refractivity contribution < 1.29 is 22.7 Å². The third-order valence-electron chi connectivity index (χ3n) is 3.21. The first-order valence-corrected chi connectivity index (χ1v) is 6.18. The molecule has 1 rings (SSSR count). The van der Waals surface area contributed by atoms with Crippen LogP contribution in [0.25, 0.3) is 0 Å². The first kappa shape index (κ1) is 14.3. The van der Waals surface area contributed by atoms with E-state index in [1.165, 1.54) is 0 Å². The lowest BCUT2D eigenvalue weighted by Crippen LogP contribution is -2.32. The molecule has 0 spiro atoms. The van der Waals surface area contributed by atoms with Crippen LogP contribution in [0.15, 0.2) is 0 Å². The van der Waals surface area contributed by atoms with Crippen LogP contribution < -0.4 is 0 Å². The molecular weight excluding hydrogens is 233 g/mol. The van der Waals surface area contributed by atoms with Gasteiger partial charge in [0.2, 0.25) is 0 Å². The lowest BCUT2D eigenvalue weighted by atomic mass is 9.81. The SMILES string of the molecule is CCCCOC(=O)C1CCCC(C(F)(F)F)C1. The van der Waals surface area contributed by atoms with Crippen molar-refractivity contribution in [2.75, 3.05) is 6.61 Å². The Kier molecular flexibility index (Phi) is 5.28.